The van der Waals surface area contributed by atoms with Crippen LogP contribution in [0.4, 0.5) is 37.8 Å². The van der Waals surface area contributed by atoms with Crippen LogP contribution in [0.25, 0.3) is 0 Å². The number of rotatable bonds is 5. The number of anilines is 2. The molecule has 3 rings (SSSR count). The van der Waals surface area contributed by atoms with Gasteiger partial charge in [-0.15, -0.1) is 0 Å². The molecule has 0 unspecified atom stereocenters. The number of carbonyl (C=O) groups is 1. The average molecular weight is 449 g/mol. The molecule has 168 valence electrons. The molecule has 0 atom stereocenters. The fourth-order valence-corrected chi connectivity index (χ4v) is 2.80. The molecule has 2 aromatic rings. The van der Waals surface area contributed by atoms with Gasteiger partial charge in [0.25, 0.3) is 5.91 Å². The summed E-state index contributed by atoms with van der Waals surface area (Å²) in [4.78, 5) is 18.2. The van der Waals surface area contributed by atoms with Gasteiger partial charge in [-0.2, -0.15) is 26.3 Å². The normalized spacial score (nSPS) is 15.0. The standard InChI is InChI=1S/C19H17F6N3O3/c20-18(21,22)12-7-13(19(23,24)25)9-15(8-12)31-11-17(29)27-14-1-2-16(26-10-14)28-3-5-30-6-4-28/h1-2,7-10H,3-6,11H2,(H,27,29). The molecule has 1 amide bonds. The van der Waals surface area contributed by atoms with Gasteiger partial charge in [-0.3, -0.25) is 4.79 Å². The van der Waals surface area contributed by atoms with Crippen molar-refractivity contribution in [3.8, 4) is 5.75 Å². The Kier molecular flexibility index (Phi) is 6.58. The van der Waals surface area contributed by atoms with Crippen LogP contribution in [0.5, 0.6) is 5.75 Å². The van der Waals surface area contributed by atoms with E-state index in [1.165, 1.54) is 6.20 Å². The van der Waals surface area contributed by atoms with E-state index in [-0.39, 0.29) is 6.07 Å². The Balaban J connectivity index is 1.62. The first kappa shape index (κ1) is 22.7. The first-order valence-corrected chi connectivity index (χ1v) is 9.03. The van der Waals surface area contributed by atoms with Crippen LogP contribution >= 0.6 is 0 Å². The van der Waals surface area contributed by atoms with Crippen molar-refractivity contribution in [2.75, 3.05) is 43.1 Å². The Hall–Kier alpha value is -3.02. The summed E-state index contributed by atoms with van der Waals surface area (Å²) in [6.07, 6.45) is -8.63. The first-order valence-electron chi connectivity index (χ1n) is 9.03. The molecular weight excluding hydrogens is 432 g/mol. The number of morpholine rings is 1. The summed E-state index contributed by atoms with van der Waals surface area (Å²) in [5, 5.41) is 2.42. The molecule has 31 heavy (non-hydrogen) atoms. The van der Waals surface area contributed by atoms with Crippen LogP contribution in [0.15, 0.2) is 36.5 Å². The Morgan fingerprint density at radius 1 is 1.03 bits per heavy atom. The predicted octanol–water partition coefficient (Wildman–Crippen LogP) is 3.97. The lowest BCUT2D eigenvalue weighted by molar-refractivity contribution is -0.143. The maximum atomic E-state index is 12.9. The molecule has 1 aromatic carbocycles. The molecule has 0 spiro atoms. The number of aromatic nitrogens is 1. The van der Waals surface area contributed by atoms with Crippen molar-refractivity contribution < 1.29 is 40.6 Å². The summed E-state index contributed by atoms with van der Waals surface area (Å²) < 4.78 is 87.3. The molecule has 0 radical (unpaired) electrons. The van der Waals surface area contributed by atoms with Gasteiger partial charge in [-0.25, -0.2) is 4.98 Å². The minimum Gasteiger partial charge on any atom is -0.484 e. The van der Waals surface area contributed by atoms with Gasteiger partial charge >= 0.3 is 12.4 Å². The fourth-order valence-electron chi connectivity index (χ4n) is 2.80. The van der Waals surface area contributed by atoms with Crippen LogP contribution in [0.2, 0.25) is 0 Å². The van der Waals surface area contributed by atoms with Gasteiger partial charge in [0.05, 0.1) is 36.2 Å². The van der Waals surface area contributed by atoms with E-state index >= 15 is 0 Å². The van der Waals surface area contributed by atoms with Gasteiger partial charge in [0.1, 0.15) is 11.6 Å². The number of benzene rings is 1. The monoisotopic (exact) mass is 449 g/mol. The zero-order valence-electron chi connectivity index (χ0n) is 15.9. The van der Waals surface area contributed by atoms with Crippen LogP contribution in [0.3, 0.4) is 0 Å². The third-order valence-electron chi connectivity index (χ3n) is 4.30. The minimum atomic E-state index is -5.00. The Labute approximate surface area is 172 Å². The molecule has 0 bridgehead atoms. The highest BCUT2D eigenvalue weighted by Crippen LogP contribution is 2.38. The van der Waals surface area contributed by atoms with E-state index < -0.39 is 41.7 Å². The Bertz CT molecular complexity index is 877. The lowest BCUT2D eigenvalue weighted by Crippen LogP contribution is -2.36. The molecule has 1 fully saturated rings. The fraction of sp³-hybridized carbons (Fsp3) is 0.368. The number of halogens is 6. The van der Waals surface area contributed by atoms with Crippen LogP contribution < -0.4 is 15.0 Å². The summed E-state index contributed by atoms with van der Waals surface area (Å²) in [7, 11) is 0. The lowest BCUT2D eigenvalue weighted by atomic mass is 10.1. The quantitative estimate of drug-likeness (QED) is 0.700. The van der Waals surface area contributed by atoms with E-state index in [0.29, 0.717) is 49.9 Å². The number of pyridine rings is 1. The van der Waals surface area contributed by atoms with Gasteiger partial charge < -0.3 is 19.7 Å². The van der Waals surface area contributed by atoms with E-state index in [4.69, 9.17) is 9.47 Å². The molecule has 0 saturated carbocycles. The van der Waals surface area contributed by atoms with Crippen molar-refractivity contribution in [1.82, 2.24) is 4.98 Å². The van der Waals surface area contributed by atoms with Gasteiger partial charge in [0.2, 0.25) is 0 Å². The Morgan fingerprint density at radius 2 is 1.65 bits per heavy atom. The van der Waals surface area contributed by atoms with E-state index in [1.54, 1.807) is 12.1 Å². The number of nitrogens with zero attached hydrogens (tertiary/aromatic N) is 2. The maximum Gasteiger partial charge on any atom is 0.416 e. The smallest absolute Gasteiger partial charge is 0.416 e. The highest BCUT2D eigenvalue weighted by atomic mass is 19.4. The lowest BCUT2D eigenvalue weighted by Gasteiger charge is -2.27. The number of hydrogen-bond acceptors (Lipinski definition) is 5. The molecule has 1 aliphatic rings. The molecular formula is C19H17F6N3O3. The van der Waals surface area contributed by atoms with E-state index in [9.17, 15) is 31.1 Å². The summed E-state index contributed by atoms with van der Waals surface area (Å²) >= 11 is 0. The summed E-state index contributed by atoms with van der Waals surface area (Å²) in [6, 6.07) is 4.03. The average Bonchev–Trinajstić information content (AvgIpc) is 2.72. The molecule has 0 aliphatic carbocycles. The van der Waals surface area contributed by atoms with Crippen molar-refractivity contribution in [2.24, 2.45) is 0 Å². The van der Waals surface area contributed by atoms with Crippen LogP contribution in [0.1, 0.15) is 11.1 Å². The largest absolute Gasteiger partial charge is 0.484 e. The van der Waals surface area contributed by atoms with Crippen LogP contribution in [-0.4, -0.2) is 43.8 Å². The van der Waals surface area contributed by atoms with Crippen LogP contribution in [0, 0.1) is 0 Å². The number of carbonyl (C=O) groups excluding carboxylic acids is 1. The summed E-state index contributed by atoms with van der Waals surface area (Å²) in [6.45, 7) is 1.70. The molecule has 1 aromatic heterocycles. The molecule has 1 N–H and O–H groups in total. The van der Waals surface area contributed by atoms with E-state index in [2.05, 4.69) is 10.3 Å². The number of hydrogen-bond donors (Lipinski definition) is 1. The third kappa shape index (κ3) is 6.23. The van der Waals surface area contributed by atoms with E-state index in [0.717, 1.165) is 0 Å². The van der Waals surface area contributed by atoms with Crippen molar-refractivity contribution in [1.29, 1.82) is 0 Å². The van der Waals surface area contributed by atoms with Gasteiger partial charge in [0.15, 0.2) is 6.61 Å². The van der Waals surface area contributed by atoms with Crippen LogP contribution in [-0.2, 0) is 21.9 Å². The van der Waals surface area contributed by atoms with Gasteiger partial charge in [-0.1, -0.05) is 0 Å². The van der Waals surface area contributed by atoms with Gasteiger partial charge in [-0.05, 0) is 30.3 Å². The minimum absolute atomic E-state index is 0.0192. The third-order valence-corrected chi connectivity index (χ3v) is 4.30. The second-order valence-corrected chi connectivity index (χ2v) is 6.58. The van der Waals surface area contributed by atoms with Crippen molar-refractivity contribution >= 4 is 17.4 Å². The topological polar surface area (TPSA) is 63.7 Å². The molecule has 1 saturated heterocycles. The number of ether oxygens (including phenoxy) is 2. The SMILES string of the molecule is O=C(COc1cc(C(F)(F)F)cc(C(F)(F)F)c1)Nc1ccc(N2CCOCC2)nc1. The van der Waals surface area contributed by atoms with Crippen molar-refractivity contribution in [3.05, 3.63) is 47.7 Å². The highest BCUT2D eigenvalue weighted by Gasteiger charge is 2.37. The van der Waals surface area contributed by atoms with Crippen molar-refractivity contribution in [3.63, 3.8) is 0 Å². The second kappa shape index (κ2) is 9.00. The second-order valence-electron chi connectivity index (χ2n) is 6.58. The molecule has 1 aliphatic heterocycles. The summed E-state index contributed by atoms with van der Waals surface area (Å²) in [5.41, 5.74) is -2.76. The van der Waals surface area contributed by atoms with Gasteiger partial charge in [0, 0.05) is 13.1 Å². The highest BCUT2D eigenvalue weighted by molar-refractivity contribution is 5.91. The van der Waals surface area contributed by atoms with E-state index in [1.807, 2.05) is 4.90 Å². The Morgan fingerprint density at radius 3 is 2.16 bits per heavy atom. The first-order chi connectivity index (χ1) is 14.5. The maximum absolute atomic E-state index is 12.9. The number of alkyl halides is 6. The number of nitrogens with one attached hydrogen (secondary N) is 1. The molecule has 12 heteroatoms. The zero-order chi connectivity index (χ0) is 22.6. The molecule has 6 nitrogen and oxygen atoms in total. The van der Waals surface area contributed by atoms with Crippen molar-refractivity contribution in [2.45, 2.75) is 12.4 Å². The molecule has 2 heterocycles. The predicted molar refractivity (Wildman–Crippen MR) is 97.8 cm³/mol. The zero-order valence-corrected chi connectivity index (χ0v) is 15.9. The summed E-state index contributed by atoms with van der Waals surface area (Å²) in [5.74, 6) is -0.814. The number of amides is 1.